The topological polar surface area (TPSA) is 0 Å². The molecule has 6 aliphatic carbocycles. The zero-order valence-corrected chi connectivity index (χ0v) is 67.0. The van der Waals surface area contributed by atoms with Gasteiger partial charge >= 0.3 is 0 Å². The number of fused-ring (bicyclic) bond motifs is 18. The number of hydrogen-bond acceptors (Lipinski definition) is 0. The van der Waals surface area contributed by atoms with Crippen LogP contribution < -0.4 is 0 Å². The van der Waals surface area contributed by atoms with Gasteiger partial charge in [-0.15, -0.1) is 0 Å². The zero-order chi connectivity index (χ0) is 74.5. The van der Waals surface area contributed by atoms with Gasteiger partial charge in [0, 0.05) is 0 Å². The molecule has 12 aromatic carbocycles. The first-order valence-electron chi connectivity index (χ1n) is 38.7. The van der Waals surface area contributed by atoms with E-state index in [9.17, 15) is 0 Å². The number of rotatable bonds is 0. The van der Waals surface area contributed by atoms with Crippen LogP contribution in [0.4, 0.5) is 0 Å². The lowest BCUT2D eigenvalue weighted by molar-refractivity contribution is 1.19. The minimum atomic E-state index is 1.10. The van der Waals surface area contributed by atoms with E-state index in [1.807, 2.05) is 83.1 Å². The molecule has 0 radical (unpaired) electrons. The molecule has 528 valence electrons. The molecule has 0 N–H and O–H groups in total. The summed E-state index contributed by atoms with van der Waals surface area (Å²) in [7, 11) is 0. The third kappa shape index (κ3) is 17.4. The standard InChI is InChI=1S/6C15H14.6C2H6/c2*1-10-7-13-9-12-5-3-4-6-14(12)15(13)8-11(10)2;2*1-10-7-8-13-9-12-5-3-4-6-14(12)15(13)11(10)2;2*1-10-7-8-14-13-6-4-3-5-12(13)9-15(14)11(10)2;6*1-2/h6*3-8H,9H2,1-2H3;6*1-2H3. The molecular weight excluding hydrogens is 1230 g/mol. The van der Waals surface area contributed by atoms with Crippen LogP contribution in [0.2, 0.25) is 0 Å². The second kappa shape index (κ2) is 38.1. The maximum atomic E-state index is 2.34. The number of hydrogen-bond donors (Lipinski definition) is 0. The highest BCUT2D eigenvalue weighted by atomic mass is 14.3. The summed E-state index contributed by atoms with van der Waals surface area (Å²) in [4.78, 5) is 0. The zero-order valence-electron chi connectivity index (χ0n) is 67.0. The van der Waals surface area contributed by atoms with Crippen LogP contribution >= 0.6 is 0 Å². The van der Waals surface area contributed by atoms with Gasteiger partial charge in [-0.25, -0.2) is 0 Å². The molecule has 0 spiro atoms. The summed E-state index contributed by atoms with van der Waals surface area (Å²) in [5.41, 5.74) is 52.1. The Hall–Kier alpha value is -9.36. The van der Waals surface area contributed by atoms with Gasteiger partial charge in [0.15, 0.2) is 0 Å². The molecule has 0 saturated carbocycles. The van der Waals surface area contributed by atoms with Crippen molar-refractivity contribution in [3.8, 4) is 66.8 Å². The maximum absolute atomic E-state index is 2.34. The molecule has 12 aromatic rings. The quantitative estimate of drug-likeness (QED) is 0.142. The lowest BCUT2D eigenvalue weighted by Gasteiger charge is -2.08. The molecule has 6 aliphatic rings. The van der Waals surface area contributed by atoms with E-state index >= 15 is 0 Å². The summed E-state index contributed by atoms with van der Waals surface area (Å²) >= 11 is 0. The third-order valence-electron chi connectivity index (χ3n) is 20.9. The van der Waals surface area contributed by atoms with Crippen LogP contribution in [0.3, 0.4) is 0 Å². The minimum absolute atomic E-state index is 1.10. The van der Waals surface area contributed by atoms with Gasteiger partial charge in [-0.1, -0.05) is 301 Å². The summed E-state index contributed by atoms with van der Waals surface area (Å²) in [5, 5.41) is 0. The van der Waals surface area contributed by atoms with Gasteiger partial charge in [0.05, 0.1) is 0 Å². The van der Waals surface area contributed by atoms with Crippen LogP contribution in [0.5, 0.6) is 0 Å². The van der Waals surface area contributed by atoms with Crippen LogP contribution in [0.1, 0.15) is 217 Å². The van der Waals surface area contributed by atoms with E-state index in [0.29, 0.717) is 0 Å². The van der Waals surface area contributed by atoms with Crippen molar-refractivity contribution in [2.75, 3.05) is 0 Å². The molecule has 0 unspecified atom stereocenters. The van der Waals surface area contributed by atoms with Crippen LogP contribution in [-0.2, 0) is 38.5 Å². The Morgan fingerprint density at radius 3 is 0.696 bits per heavy atom. The molecule has 0 aliphatic heterocycles. The van der Waals surface area contributed by atoms with E-state index in [1.165, 1.54) is 200 Å². The molecule has 0 saturated heterocycles. The van der Waals surface area contributed by atoms with Gasteiger partial charge in [-0.05, 0) is 322 Å². The SMILES string of the molecule is CC.CC.CC.CC.CC.CC.Cc1cc2c(cc1C)-c1ccccc1C2.Cc1cc2c(cc1C)-c1ccccc1C2.Cc1ccc2c(c1C)-c1ccccc1C2.Cc1ccc2c(c1C)-c1ccccc1C2.Cc1ccc2c(c1C)Cc1ccccc1-2.Cc1ccc2c(c1C)Cc1ccccc1-2. The highest BCUT2D eigenvalue weighted by molar-refractivity contribution is 5.84. The Labute approximate surface area is 619 Å². The molecular formula is C102H120. The fourth-order valence-corrected chi connectivity index (χ4v) is 14.8. The van der Waals surface area contributed by atoms with E-state index in [4.69, 9.17) is 0 Å². The Morgan fingerprint density at radius 1 is 0.157 bits per heavy atom. The van der Waals surface area contributed by atoms with Gasteiger partial charge in [-0.2, -0.15) is 0 Å². The molecule has 0 amide bonds. The molecule has 0 atom stereocenters. The Morgan fingerprint density at radius 2 is 0.382 bits per heavy atom. The minimum Gasteiger partial charge on any atom is -0.0683 e. The van der Waals surface area contributed by atoms with Crippen LogP contribution in [-0.4, -0.2) is 0 Å². The predicted octanol–water partition coefficient (Wildman–Crippen LogP) is 29.4. The molecule has 18 rings (SSSR count). The first-order valence-corrected chi connectivity index (χ1v) is 38.7. The normalized spacial score (nSPS) is 11.3. The Bertz CT molecular complexity index is 4460. The number of aryl methyl sites for hydroxylation is 8. The molecule has 0 bridgehead atoms. The summed E-state index contributed by atoms with van der Waals surface area (Å²) in [6.45, 7) is 50.5. The van der Waals surface area contributed by atoms with Gasteiger partial charge in [-0.3, -0.25) is 0 Å². The van der Waals surface area contributed by atoms with Gasteiger partial charge in [0.25, 0.3) is 0 Å². The van der Waals surface area contributed by atoms with Crippen molar-refractivity contribution in [1.82, 2.24) is 0 Å². The van der Waals surface area contributed by atoms with Crippen LogP contribution in [0.15, 0.2) is 218 Å². The van der Waals surface area contributed by atoms with Crippen LogP contribution in [0, 0.1) is 83.1 Å². The van der Waals surface area contributed by atoms with Crippen molar-refractivity contribution in [1.29, 1.82) is 0 Å². The van der Waals surface area contributed by atoms with Crippen molar-refractivity contribution < 1.29 is 0 Å². The predicted molar refractivity (Wildman–Crippen MR) is 453 cm³/mol. The van der Waals surface area contributed by atoms with E-state index in [-0.39, 0.29) is 0 Å². The summed E-state index contributed by atoms with van der Waals surface area (Å²) in [6.07, 6.45) is 6.64. The van der Waals surface area contributed by atoms with Crippen molar-refractivity contribution in [2.24, 2.45) is 0 Å². The molecule has 0 fully saturated rings. The smallest absolute Gasteiger partial charge is 0.00107 e. The molecule has 0 nitrogen and oxygen atoms in total. The first-order chi connectivity index (χ1) is 49.6. The van der Waals surface area contributed by atoms with Gasteiger partial charge in [0.2, 0.25) is 0 Å². The number of benzene rings is 12. The van der Waals surface area contributed by atoms with Crippen molar-refractivity contribution >= 4 is 0 Å². The molecule has 102 heavy (non-hydrogen) atoms. The molecule has 0 heterocycles. The Balaban J connectivity index is 0.000000166. The summed E-state index contributed by atoms with van der Waals surface area (Å²) in [5.74, 6) is 0. The fourth-order valence-electron chi connectivity index (χ4n) is 14.8. The highest BCUT2D eigenvalue weighted by Gasteiger charge is 2.25. The van der Waals surface area contributed by atoms with Crippen LogP contribution in [0.25, 0.3) is 66.8 Å². The molecule has 0 heteroatoms. The lowest BCUT2D eigenvalue weighted by atomic mass is 9.97. The van der Waals surface area contributed by atoms with Gasteiger partial charge in [0.1, 0.15) is 0 Å². The van der Waals surface area contributed by atoms with Crippen molar-refractivity contribution in [3.05, 3.63) is 352 Å². The van der Waals surface area contributed by atoms with E-state index < -0.39 is 0 Å². The monoisotopic (exact) mass is 1340 g/mol. The lowest BCUT2D eigenvalue weighted by Crippen LogP contribution is -1.89. The van der Waals surface area contributed by atoms with Crippen molar-refractivity contribution in [3.63, 3.8) is 0 Å². The summed E-state index contributed by atoms with van der Waals surface area (Å²) in [6, 6.07) is 79.8. The average molecular weight is 1350 g/mol. The third-order valence-corrected chi connectivity index (χ3v) is 20.9. The first kappa shape index (κ1) is 80.0. The Kier molecular flexibility index (Phi) is 29.8. The van der Waals surface area contributed by atoms with Gasteiger partial charge < -0.3 is 0 Å². The fraction of sp³-hybridized carbons (Fsp3) is 0.294. The second-order valence-electron chi connectivity index (χ2n) is 26.3. The average Bonchev–Trinajstić information content (AvgIpc) is 1.72. The van der Waals surface area contributed by atoms with E-state index in [2.05, 4.69) is 301 Å². The summed E-state index contributed by atoms with van der Waals surface area (Å²) < 4.78 is 0. The highest BCUT2D eigenvalue weighted by Crippen LogP contribution is 2.44. The van der Waals surface area contributed by atoms with E-state index in [1.54, 1.807) is 0 Å². The second-order valence-corrected chi connectivity index (χ2v) is 26.3. The van der Waals surface area contributed by atoms with E-state index in [0.717, 1.165) is 38.5 Å². The largest absolute Gasteiger partial charge is 0.0683 e. The maximum Gasteiger partial charge on any atom is -0.00107 e. The molecule has 0 aromatic heterocycles. The van der Waals surface area contributed by atoms with Crippen molar-refractivity contribution in [2.45, 2.75) is 205 Å².